The number of benzene rings is 1. The molecule has 17 heavy (non-hydrogen) atoms. The number of halogens is 6. The van der Waals surface area contributed by atoms with E-state index in [2.05, 4.69) is 0 Å². The monoisotopic (exact) mass is 259 g/mol. The Morgan fingerprint density at radius 3 is 1.88 bits per heavy atom. The number of aromatic hydroxyl groups is 1. The van der Waals surface area contributed by atoms with Gasteiger partial charge in [-0.25, -0.2) is 0 Å². The van der Waals surface area contributed by atoms with E-state index in [1.807, 2.05) is 0 Å². The molecule has 0 fully saturated rings. The van der Waals surface area contributed by atoms with Crippen LogP contribution in [0.5, 0.6) is 5.75 Å². The highest BCUT2D eigenvalue weighted by Gasteiger charge is 2.45. The Labute approximate surface area is 91.7 Å². The van der Waals surface area contributed by atoms with E-state index in [1.54, 1.807) is 0 Å². The van der Waals surface area contributed by atoms with Crippen LogP contribution in [0.1, 0.15) is 16.7 Å². The number of rotatable bonds is 1. The number of hydrogen-bond acceptors (Lipinski definition) is 2. The Bertz CT molecular complexity index is 423. The van der Waals surface area contributed by atoms with Crippen molar-refractivity contribution in [3.8, 4) is 5.75 Å². The van der Waals surface area contributed by atoms with E-state index >= 15 is 0 Å². The SMILES string of the molecule is NCc1cc(O)c(C(F)(F)F)c(C(F)(F)F)c1. The molecular weight excluding hydrogens is 252 g/mol. The van der Waals surface area contributed by atoms with Crippen LogP contribution in [0.2, 0.25) is 0 Å². The second-order valence-corrected chi connectivity index (χ2v) is 3.24. The summed E-state index contributed by atoms with van der Waals surface area (Å²) in [7, 11) is 0. The lowest BCUT2D eigenvalue weighted by molar-refractivity contribution is -0.163. The molecule has 0 amide bonds. The molecule has 1 aromatic carbocycles. The average molecular weight is 259 g/mol. The molecule has 0 bridgehead atoms. The first-order chi connectivity index (χ1) is 7.57. The van der Waals surface area contributed by atoms with Crippen LogP contribution in [-0.2, 0) is 18.9 Å². The van der Waals surface area contributed by atoms with Gasteiger partial charge in [-0.15, -0.1) is 0 Å². The second kappa shape index (κ2) is 4.10. The third kappa shape index (κ3) is 2.82. The third-order valence-corrected chi connectivity index (χ3v) is 2.00. The standard InChI is InChI=1S/C9H7F6NO/c10-8(11,12)5-1-4(3-16)2-6(17)7(5)9(13,14)15/h1-2,17H,3,16H2. The second-order valence-electron chi connectivity index (χ2n) is 3.24. The van der Waals surface area contributed by atoms with Gasteiger partial charge in [0, 0.05) is 6.54 Å². The van der Waals surface area contributed by atoms with E-state index in [0.717, 1.165) is 0 Å². The largest absolute Gasteiger partial charge is 0.507 e. The summed E-state index contributed by atoms with van der Waals surface area (Å²) in [5, 5.41) is 9.03. The van der Waals surface area contributed by atoms with Gasteiger partial charge in [0.25, 0.3) is 0 Å². The summed E-state index contributed by atoms with van der Waals surface area (Å²) >= 11 is 0. The maximum atomic E-state index is 12.4. The number of phenolic OH excluding ortho intramolecular Hbond substituents is 1. The van der Waals surface area contributed by atoms with Crippen molar-refractivity contribution < 1.29 is 31.4 Å². The molecule has 0 heterocycles. The van der Waals surface area contributed by atoms with Gasteiger partial charge >= 0.3 is 12.4 Å². The minimum Gasteiger partial charge on any atom is -0.507 e. The molecule has 0 atom stereocenters. The lowest BCUT2D eigenvalue weighted by Crippen LogP contribution is -2.17. The van der Waals surface area contributed by atoms with Crippen LogP contribution < -0.4 is 5.73 Å². The number of alkyl halides is 6. The molecule has 0 aromatic heterocycles. The molecule has 0 saturated carbocycles. The van der Waals surface area contributed by atoms with Gasteiger partial charge in [0.05, 0.1) is 5.56 Å². The predicted octanol–water partition coefficient (Wildman–Crippen LogP) is 2.89. The fourth-order valence-electron chi connectivity index (χ4n) is 1.32. The zero-order valence-electron chi connectivity index (χ0n) is 8.15. The van der Waals surface area contributed by atoms with Crippen LogP contribution >= 0.6 is 0 Å². The van der Waals surface area contributed by atoms with Crippen molar-refractivity contribution in [1.29, 1.82) is 0 Å². The number of nitrogens with two attached hydrogens (primary N) is 1. The molecule has 0 aliphatic heterocycles. The summed E-state index contributed by atoms with van der Waals surface area (Å²) in [5.74, 6) is -1.48. The van der Waals surface area contributed by atoms with E-state index in [1.165, 1.54) is 0 Å². The van der Waals surface area contributed by atoms with Gasteiger partial charge in [-0.05, 0) is 17.7 Å². The Balaban J connectivity index is 3.58. The van der Waals surface area contributed by atoms with Crippen LogP contribution in [0.3, 0.4) is 0 Å². The zero-order valence-corrected chi connectivity index (χ0v) is 8.15. The van der Waals surface area contributed by atoms with Crippen LogP contribution in [0.15, 0.2) is 12.1 Å². The van der Waals surface area contributed by atoms with Gasteiger partial charge in [0.15, 0.2) is 0 Å². The van der Waals surface area contributed by atoms with Gasteiger partial charge in [-0.1, -0.05) is 0 Å². The molecule has 8 heteroatoms. The normalized spacial score (nSPS) is 12.9. The molecule has 0 saturated heterocycles. The van der Waals surface area contributed by atoms with Crippen molar-refractivity contribution in [2.45, 2.75) is 18.9 Å². The molecule has 96 valence electrons. The molecule has 0 aliphatic carbocycles. The Hall–Kier alpha value is -1.44. The molecule has 2 nitrogen and oxygen atoms in total. The van der Waals surface area contributed by atoms with Crippen molar-refractivity contribution in [2.75, 3.05) is 0 Å². The maximum Gasteiger partial charge on any atom is 0.420 e. The fraction of sp³-hybridized carbons (Fsp3) is 0.333. The van der Waals surface area contributed by atoms with Crippen LogP contribution in [-0.4, -0.2) is 5.11 Å². The molecular formula is C9H7F6NO. The zero-order chi connectivity index (χ0) is 13.4. The van der Waals surface area contributed by atoms with Crippen molar-refractivity contribution in [3.63, 3.8) is 0 Å². The van der Waals surface area contributed by atoms with Crippen molar-refractivity contribution in [2.24, 2.45) is 5.73 Å². The highest BCUT2D eigenvalue weighted by Crippen LogP contribution is 2.45. The van der Waals surface area contributed by atoms with Crippen LogP contribution in [0.4, 0.5) is 26.3 Å². The van der Waals surface area contributed by atoms with Gasteiger partial charge in [0.1, 0.15) is 11.3 Å². The topological polar surface area (TPSA) is 46.2 Å². The Morgan fingerprint density at radius 2 is 1.53 bits per heavy atom. The maximum absolute atomic E-state index is 12.4. The molecule has 1 aromatic rings. The van der Waals surface area contributed by atoms with Gasteiger partial charge in [-0.2, -0.15) is 26.3 Å². The molecule has 0 unspecified atom stereocenters. The van der Waals surface area contributed by atoms with Crippen LogP contribution in [0.25, 0.3) is 0 Å². The van der Waals surface area contributed by atoms with E-state index in [0.29, 0.717) is 6.07 Å². The van der Waals surface area contributed by atoms with E-state index < -0.39 is 35.8 Å². The van der Waals surface area contributed by atoms with Crippen molar-refractivity contribution in [3.05, 3.63) is 28.8 Å². The minimum atomic E-state index is -5.29. The number of hydrogen-bond donors (Lipinski definition) is 2. The Kier molecular flexibility index (Phi) is 3.28. The molecule has 0 radical (unpaired) electrons. The van der Waals surface area contributed by atoms with Crippen molar-refractivity contribution in [1.82, 2.24) is 0 Å². The van der Waals surface area contributed by atoms with Gasteiger partial charge < -0.3 is 10.8 Å². The highest BCUT2D eigenvalue weighted by molar-refractivity contribution is 5.46. The van der Waals surface area contributed by atoms with E-state index in [4.69, 9.17) is 10.8 Å². The molecule has 0 aliphatic rings. The first-order valence-corrected chi connectivity index (χ1v) is 4.27. The summed E-state index contributed by atoms with van der Waals surface area (Å²) in [6.45, 7) is -0.408. The van der Waals surface area contributed by atoms with E-state index in [9.17, 15) is 26.3 Å². The summed E-state index contributed by atoms with van der Waals surface area (Å²) in [6, 6.07) is 0.848. The quantitative estimate of drug-likeness (QED) is 0.762. The number of phenols is 1. The average Bonchev–Trinajstić information content (AvgIpc) is 2.12. The van der Waals surface area contributed by atoms with Gasteiger partial charge in [-0.3, -0.25) is 0 Å². The Morgan fingerprint density at radius 1 is 1.00 bits per heavy atom. The summed E-state index contributed by atoms with van der Waals surface area (Å²) in [5.41, 5.74) is 0.762. The first kappa shape index (κ1) is 13.6. The predicted molar refractivity (Wildman–Crippen MR) is 46.0 cm³/mol. The smallest absolute Gasteiger partial charge is 0.420 e. The lowest BCUT2D eigenvalue weighted by Gasteiger charge is -2.17. The van der Waals surface area contributed by atoms with Crippen molar-refractivity contribution >= 4 is 0 Å². The van der Waals surface area contributed by atoms with Gasteiger partial charge in [0.2, 0.25) is 0 Å². The summed E-state index contributed by atoms with van der Waals surface area (Å²) in [6.07, 6.45) is -10.5. The van der Waals surface area contributed by atoms with Crippen LogP contribution in [0, 0.1) is 0 Å². The summed E-state index contributed by atoms with van der Waals surface area (Å²) < 4.78 is 74.4. The summed E-state index contributed by atoms with van der Waals surface area (Å²) in [4.78, 5) is 0. The van der Waals surface area contributed by atoms with E-state index in [-0.39, 0.29) is 11.6 Å². The fourth-order valence-corrected chi connectivity index (χ4v) is 1.32. The third-order valence-electron chi connectivity index (χ3n) is 2.00. The lowest BCUT2D eigenvalue weighted by atomic mass is 10.0. The molecule has 1 rings (SSSR count). The first-order valence-electron chi connectivity index (χ1n) is 4.27. The highest BCUT2D eigenvalue weighted by atomic mass is 19.4. The molecule has 3 N–H and O–H groups in total. The minimum absolute atomic E-state index is 0.233. The molecule has 0 spiro atoms.